The number of rotatable bonds is 6. The summed E-state index contributed by atoms with van der Waals surface area (Å²) in [5.41, 5.74) is 0.640. The molecule has 2 aromatic rings. The highest BCUT2D eigenvalue weighted by Crippen LogP contribution is 2.16. The molecule has 6 heteroatoms. The lowest BCUT2D eigenvalue weighted by Crippen LogP contribution is -2.31. The van der Waals surface area contributed by atoms with Crippen molar-refractivity contribution < 1.29 is 13.7 Å². The molecule has 2 amide bonds. The number of carbonyl (C=O) groups excluding carboxylic acids is 1. The van der Waals surface area contributed by atoms with Gasteiger partial charge in [0.15, 0.2) is 0 Å². The normalized spacial score (nSPS) is 11.5. The third kappa shape index (κ3) is 4.89. The van der Waals surface area contributed by atoms with Crippen molar-refractivity contribution >= 4 is 22.5 Å². The molecule has 2 N–H and O–H groups in total. The molecule has 0 spiro atoms. The number of amides is 2. The Kier molecular flexibility index (Phi) is 5.97. The molecule has 0 aromatic heterocycles. The highest BCUT2D eigenvalue weighted by Gasteiger charge is 2.05. The van der Waals surface area contributed by atoms with Crippen molar-refractivity contribution in [3.63, 3.8) is 0 Å². The summed E-state index contributed by atoms with van der Waals surface area (Å²) in [6.45, 7) is 0.331. The smallest absolute Gasteiger partial charge is 0.319 e. The van der Waals surface area contributed by atoms with Crippen molar-refractivity contribution in [3.8, 4) is 5.75 Å². The van der Waals surface area contributed by atoms with E-state index in [1.165, 1.54) is 0 Å². The number of hydrogen-bond donors (Lipinski definition) is 2. The first-order chi connectivity index (χ1) is 10.7. The van der Waals surface area contributed by atoms with E-state index in [1.54, 1.807) is 31.4 Å². The number of nitrogens with one attached hydrogen (secondary N) is 2. The third-order valence-corrected chi connectivity index (χ3v) is 4.28. The molecule has 2 aromatic carbocycles. The minimum Gasteiger partial charge on any atom is -0.497 e. The molecule has 1 atom stereocenters. The van der Waals surface area contributed by atoms with Crippen LogP contribution in [-0.4, -0.2) is 29.6 Å². The summed E-state index contributed by atoms with van der Waals surface area (Å²) in [5, 5.41) is 5.39. The van der Waals surface area contributed by atoms with Gasteiger partial charge in [-0.1, -0.05) is 24.3 Å². The second-order valence-electron chi connectivity index (χ2n) is 4.48. The molecule has 0 aliphatic rings. The first-order valence-corrected chi connectivity index (χ1v) is 8.13. The molecule has 0 radical (unpaired) electrons. The Morgan fingerprint density at radius 3 is 2.64 bits per heavy atom. The van der Waals surface area contributed by atoms with Gasteiger partial charge < -0.3 is 15.4 Å². The average molecular weight is 318 g/mol. The quantitative estimate of drug-likeness (QED) is 0.860. The van der Waals surface area contributed by atoms with Crippen LogP contribution >= 0.6 is 0 Å². The number of carbonyl (C=O) groups is 1. The Balaban J connectivity index is 1.77. The first kappa shape index (κ1) is 16.0. The fourth-order valence-electron chi connectivity index (χ4n) is 1.82. The van der Waals surface area contributed by atoms with Gasteiger partial charge in [0.25, 0.3) is 0 Å². The fourth-order valence-corrected chi connectivity index (χ4v) is 2.81. The summed E-state index contributed by atoms with van der Waals surface area (Å²) in [6.07, 6.45) is 0. The van der Waals surface area contributed by atoms with Gasteiger partial charge in [-0.25, -0.2) is 4.79 Å². The molecule has 0 saturated carbocycles. The van der Waals surface area contributed by atoms with Crippen molar-refractivity contribution in [2.45, 2.75) is 4.90 Å². The number of anilines is 1. The maximum Gasteiger partial charge on any atom is 0.319 e. The summed E-state index contributed by atoms with van der Waals surface area (Å²) in [7, 11) is 0.454. The number of benzene rings is 2. The molecule has 0 aliphatic heterocycles. The van der Waals surface area contributed by atoms with Gasteiger partial charge in [-0.3, -0.25) is 4.21 Å². The number of hydrogen-bond acceptors (Lipinski definition) is 3. The summed E-state index contributed by atoms with van der Waals surface area (Å²) >= 11 is 0. The molecule has 0 fully saturated rings. The lowest BCUT2D eigenvalue weighted by atomic mass is 10.3. The van der Waals surface area contributed by atoms with Gasteiger partial charge in [-0.2, -0.15) is 0 Å². The summed E-state index contributed by atoms with van der Waals surface area (Å²) in [4.78, 5) is 12.5. The summed E-state index contributed by atoms with van der Waals surface area (Å²) in [6, 6.07) is 15.9. The maximum atomic E-state index is 12.0. The van der Waals surface area contributed by atoms with E-state index in [2.05, 4.69) is 10.6 Å². The van der Waals surface area contributed by atoms with Gasteiger partial charge in [0, 0.05) is 28.9 Å². The van der Waals surface area contributed by atoms with E-state index in [1.807, 2.05) is 30.3 Å². The van der Waals surface area contributed by atoms with Crippen LogP contribution in [0.5, 0.6) is 5.75 Å². The number of ether oxygens (including phenoxy) is 1. The van der Waals surface area contributed by atoms with Crippen LogP contribution in [0.25, 0.3) is 0 Å². The molecular formula is C16H18N2O3S. The van der Waals surface area contributed by atoms with E-state index >= 15 is 0 Å². The number of methoxy groups -OCH3 is 1. The molecule has 0 heterocycles. The lowest BCUT2D eigenvalue weighted by Gasteiger charge is -2.08. The molecular weight excluding hydrogens is 300 g/mol. The van der Waals surface area contributed by atoms with E-state index in [-0.39, 0.29) is 6.03 Å². The SMILES string of the molecule is COc1cccc(NC(=O)NCC[S@](=O)c2ccccc2)c1. The van der Waals surface area contributed by atoms with Crippen molar-refractivity contribution in [3.05, 3.63) is 54.6 Å². The van der Waals surface area contributed by atoms with Crippen LogP contribution in [0.1, 0.15) is 0 Å². The fraction of sp³-hybridized carbons (Fsp3) is 0.188. The second kappa shape index (κ2) is 8.19. The van der Waals surface area contributed by atoms with Gasteiger partial charge in [0.2, 0.25) is 0 Å². The predicted molar refractivity (Wildman–Crippen MR) is 87.7 cm³/mol. The zero-order valence-electron chi connectivity index (χ0n) is 12.2. The Labute approximate surface area is 132 Å². The Hall–Kier alpha value is -2.34. The molecule has 2 rings (SSSR count). The predicted octanol–water partition coefficient (Wildman–Crippen LogP) is 2.62. The lowest BCUT2D eigenvalue weighted by molar-refractivity contribution is 0.252. The van der Waals surface area contributed by atoms with Crippen LogP contribution in [0.2, 0.25) is 0 Å². The van der Waals surface area contributed by atoms with Crippen molar-refractivity contribution in [1.29, 1.82) is 0 Å². The zero-order chi connectivity index (χ0) is 15.8. The summed E-state index contributed by atoms with van der Waals surface area (Å²) < 4.78 is 17.1. The van der Waals surface area contributed by atoms with Gasteiger partial charge in [0.1, 0.15) is 5.75 Å². The molecule has 5 nitrogen and oxygen atoms in total. The molecule has 22 heavy (non-hydrogen) atoms. The van der Waals surface area contributed by atoms with Gasteiger partial charge in [0.05, 0.1) is 17.9 Å². The third-order valence-electron chi connectivity index (χ3n) is 2.91. The van der Waals surface area contributed by atoms with Crippen LogP contribution < -0.4 is 15.4 Å². The van der Waals surface area contributed by atoms with Gasteiger partial charge in [-0.05, 0) is 24.3 Å². The minimum absolute atomic E-state index is 0.331. The monoisotopic (exact) mass is 318 g/mol. The van der Waals surface area contributed by atoms with Crippen molar-refractivity contribution in [2.24, 2.45) is 0 Å². The number of urea groups is 1. The second-order valence-corrected chi connectivity index (χ2v) is 6.05. The molecule has 116 valence electrons. The van der Waals surface area contributed by atoms with E-state index in [0.29, 0.717) is 23.7 Å². The van der Waals surface area contributed by atoms with E-state index < -0.39 is 10.8 Å². The molecule has 0 unspecified atom stereocenters. The molecule has 0 aliphatic carbocycles. The van der Waals surface area contributed by atoms with Crippen LogP contribution in [0.4, 0.5) is 10.5 Å². The highest BCUT2D eigenvalue weighted by atomic mass is 32.2. The average Bonchev–Trinajstić information content (AvgIpc) is 2.55. The Morgan fingerprint density at radius 2 is 1.91 bits per heavy atom. The first-order valence-electron chi connectivity index (χ1n) is 6.81. The minimum atomic E-state index is -1.11. The van der Waals surface area contributed by atoms with E-state index in [9.17, 15) is 9.00 Å². The van der Waals surface area contributed by atoms with E-state index in [4.69, 9.17) is 4.74 Å². The Bertz CT molecular complexity index is 647. The van der Waals surface area contributed by atoms with Crippen molar-refractivity contribution in [2.75, 3.05) is 24.7 Å². The van der Waals surface area contributed by atoms with E-state index in [0.717, 1.165) is 4.90 Å². The summed E-state index contributed by atoms with van der Waals surface area (Å²) in [5.74, 6) is 1.04. The Morgan fingerprint density at radius 1 is 1.14 bits per heavy atom. The van der Waals surface area contributed by atoms with Crippen LogP contribution in [0.15, 0.2) is 59.5 Å². The van der Waals surface area contributed by atoms with Gasteiger partial charge in [-0.15, -0.1) is 0 Å². The molecule has 0 bridgehead atoms. The molecule has 0 saturated heterocycles. The van der Waals surface area contributed by atoms with Crippen LogP contribution in [-0.2, 0) is 10.8 Å². The van der Waals surface area contributed by atoms with Crippen LogP contribution in [0, 0.1) is 0 Å². The zero-order valence-corrected chi connectivity index (χ0v) is 13.1. The van der Waals surface area contributed by atoms with Gasteiger partial charge >= 0.3 is 6.03 Å². The van der Waals surface area contributed by atoms with Crippen molar-refractivity contribution in [1.82, 2.24) is 5.32 Å². The standard InChI is InChI=1S/C16H18N2O3S/c1-21-14-7-5-6-13(12-14)18-16(19)17-10-11-22(20)15-8-3-2-4-9-15/h2-9,12H,10-11H2,1H3,(H2,17,18,19)/t22-/m0/s1. The topological polar surface area (TPSA) is 67.4 Å². The highest BCUT2D eigenvalue weighted by molar-refractivity contribution is 7.85. The largest absolute Gasteiger partial charge is 0.497 e. The van der Waals surface area contributed by atoms with Crippen LogP contribution in [0.3, 0.4) is 0 Å². The maximum absolute atomic E-state index is 12.0.